The lowest BCUT2D eigenvalue weighted by Crippen LogP contribution is -2.26. The molecule has 0 aromatic heterocycles. The molecule has 0 aliphatic heterocycles. The summed E-state index contributed by atoms with van der Waals surface area (Å²) in [6.45, 7) is 2.48. The van der Waals surface area contributed by atoms with E-state index < -0.39 is 0 Å². The highest BCUT2D eigenvalue weighted by Crippen LogP contribution is 2.23. The highest BCUT2D eigenvalue weighted by molar-refractivity contribution is 5.94. The molecule has 0 bridgehead atoms. The number of hydrogen-bond acceptors (Lipinski definition) is 2. The molecule has 176 valence electrons. The zero-order valence-electron chi connectivity index (χ0n) is 20.1. The Bertz CT molecular complexity index is 1270. The molecular formula is C31H30N2O2. The summed E-state index contributed by atoms with van der Waals surface area (Å²) in [7, 11) is 1.83. The molecule has 0 spiro atoms. The molecule has 0 saturated carbocycles. The first-order chi connectivity index (χ1) is 17.0. The standard InChI is InChI=1S/C31H30N2O2/c1-23(30(34)32-29-14-7-4-8-15-29)20-24-16-18-26(19-17-24)28-13-9-10-25(21-28)22-33(2)31(35)27-11-5-3-6-12-27/h3-19,21,23H,20,22H2,1-2H3,(H,32,34). The second-order valence-electron chi connectivity index (χ2n) is 8.88. The van der Waals surface area contributed by atoms with Crippen LogP contribution in [0.2, 0.25) is 0 Å². The van der Waals surface area contributed by atoms with Crippen LogP contribution >= 0.6 is 0 Å². The molecule has 1 atom stereocenters. The van der Waals surface area contributed by atoms with Crippen molar-refractivity contribution in [1.82, 2.24) is 4.90 Å². The molecule has 4 aromatic carbocycles. The van der Waals surface area contributed by atoms with Gasteiger partial charge in [-0.1, -0.05) is 85.8 Å². The van der Waals surface area contributed by atoms with Crippen molar-refractivity contribution >= 4 is 17.5 Å². The number of carbonyl (C=O) groups excluding carboxylic acids is 2. The van der Waals surface area contributed by atoms with Crippen molar-refractivity contribution in [2.24, 2.45) is 5.92 Å². The lowest BCUT2D eigenvalue weighted by Gasteiger charge is -2.18. The van der Waals surface area contributed by atoms with Gasteiger partial charge in [0, 0.05) is 30.8 Å². The van der Waals surface area contributed by atoms with Gasteiger partial charge in [0.15, 0.2) is 0 Å². The van der Waals surface area contributed by atoms with Gasteiger partial charge in [-0.3, -0.25) is 9.59 Å². The zero-order chi connectivity index (χ0) is 24.6. The van der Waals surface area contributed by atoms with E-state index in [4.69, 9.17) is 0 Å². The monoisotopic (exact) mass is 462 g/mol. The summed E-state index contributed by atoms with van der Waals surface area (Å²) in [5.74, 6) is -0.116. The van der Waals surface area contributed by atoms with E-state index in [1.807, 2.05) is 86.8 Å². The average molecular weight is 463 g/mol. The average Bonchev–Trinajstić information content (AvgIpc) is 2.90. The normalized spacial score (nSPS) is 11.5. The highest BCUT2D eigenvalue weighted by Gasteiger charge is 2.14. The molecule has 0 heterocycles. The summed E-state index contributed by atoms with van der Waals surface area (Å²) in [5, 5.41) is 2.97. The molecule has 4 aromatic rings. The molecule has 35 heavy (non-hydrogen) atoms. The van der Waals surface area contributed by atoms with Crippen LogP contribution in [0.25, 0.3) is 11.1 Å². The zero-order valence-corrected chi connectivity index (χ0v) is 20.1. The third-order valence-electron chi connectivity index (χ3n) is 6.03. The fourth-order valence-corrected chi connectivity index (χ4v) is 4.06. The van der Waals surface area contributed by atoms with E-state index >= 15 is 0 Å². The Labute approximate surface area is 207 Å². The van der Waals surface area contributed by atoms with Crippen molar-refractivity contribution < 1.29 is 9.59 Å². The number of para-hydroxylation sites is 1. The number of nitrogens with zero attached hydrogens (tertiary/aromatic N) is 1. The molecular weight excluding hydrogens is 432 g/mol. The van der Waals surface area contributed by atoms with Gasteiger partial charge in [0.1, 0.15) is 0 Å². The fourth-order valence-electron chi connectivity index (χ4n) is 4.06. The Morgan fingerprint density at radius 2 is 1.40 bits per heavy atom. The van der Waals surface area contributed by atoms with Crippen molar-refractivity contribution in [1.29, 1.82) is 0 Å². The SMILES string of the molecule is CC(Cc1ccc(-c2cccc(CN(C)C(=O)c3ccccc3)c2)cc1)C(=O)Nc1ccccc1. The van der Waals surface area contributed by atoms with E-state index in [1.54, 1.807) is 4.90 Å². The predicted octanol–water partition coefficient (Wildman–Crippen LogP) is 6.44. The molecule has 1 N–H and O–H groups in total. The number of amides is 2. The highest BCUT2D eigenvalue weighted by atomic mass is 16.2. The molecule has 0 aliphatic rings. The minimum absolute atomic E-state index is 0.00535. The van der Waals surface area contributed by atoms with Gasteiger partial charge in [0.05, 0.1) is 0 Å². The van der Waals surface area contributed by atoms with Gasteiger partial charge in [-0.15, -0.1) is 0 Å². The van der Waals surface area contributed by atoms with E-state index in [9.17, 15) is 9.59 Å². The number of carbonyl (C=O) groups is 2. The number of anilines is 1. The third kappa shape index (κ3) is 6.45. The van der Waals surface area contributed by atoms with Crippen molar-refractivity contribution in [2.75, 3.05) is 12.4 Å². The molecule has 0 saturated heterocycles. The van der Waals surface area contributed by atoms with Crippen molar-refractivity contribution in [3.63, 3.8) is 0 Å². The molecule has 4 rings (SSSR count). The Hall–Kier alpha value is -4.18. The van der Waals surface area contributed by atoms with Crippen LogP contribution in [0.3, 0.4) is 0 Å². The van der Waals surface area contributed by atoms with Gasteiger partial charge >= 0.3 is 0 Å². The van der Waals surface area contributed by atoms with Crippen molar-refractivity contribution in [3.8, 4) is 11.1 Å². The maximum atomic E-state index is 12.7. The van der Waals surface area contributed by atoms with Crippen molar-refractivity contribution in [2.45, 2.75) is 19.9 Å². The summed E-state index contributed by atoms with van der Waals surface area (Å²) >= 11 is 0. The topological polar surface area (TPSA) is 49.4 Å². The Morgan fingerprint density at radius 3 is 2.09 bits per heavy atom. The molecule has 2 amide bonds. The fraction of sp³-hybridized carbons (Fsp3) is 0.161. The van der Waals surface area contributed by atoms with E-state index in [1.165, 1.54) is 0 Å². The molecule has 0 radical (unpaired) electrons. The summed E-state index contributed by atoms with van der Waals surface area (Å²) in [6, 6.07) is 35.5. The maximum Gasteiger partial charge on any atom is 0.253 e. The maximum absolute atomic E-state index is 12.7. The van der Waals surface area contributed by atoms with Gasteiger partial charge in [-0.25, -0.2) is 0 Å². The number of nitrogens with one attached hydrogen (secondary N) is 1. The minimum atomic E-state index is -0.137. The summed E-state index contributed by atoms with van der Waals surface area (Å²) < 4.78 is 0. The Kier molecular flexibility index (Phi) is 7.74. The summed E-state index contributed by atoms with van der Waals surface area (Å²) in [5.41, 5.74) is 5.90. The van der Waals surface area contributed by atoms with Crippen LogP contribution in [-0.2, 0) is 17.8 Å². The molecule has 4 heteroatoms. The van der Waals surface area contributed by atoms with Crippen LogP contribution in [0.1, 0.15) is 28.4 Å². The van der Waals surface area contributed by atoms with Crippen LogP contribution in [-0.4, -0.2) is 23.8 Å². The van der Waals surface area contributed by atoms with Crippen LogP contribution in [0.15, 0.2) is 109 Å². The quantitative estimate of drug-likeness (QED) is 0.327. The van der Waals surface area contributed by atoms with Crippen molar-refractivity contribution in [3.05, 3.63) is 126 Å². The van der Waals surface area contributed by atoms with Gasteiger partial charge in [-0.05, 0) is 59.0 Å². The van der Waals surface area contributed by atoms with Gasteiger partial charge in [0.25, 0.3) is 5.91 Å². The van der Waals surface area contributed by atoms with E-state index in [0.29, 0.717) is 18.5 Å². The van der Waals surface area contributed by atoms with Gasteiger partial charge in [0.2, 0.25) is 5.91 Å². The van der Waals surface area contributed by atoms with Gasteiger partial charge < -0.3 is 10.2 Å². The Morgan fingerprint density at radius 1 is 0.743 bits per heavy atom. The van der Waals surface area contributed by atoms with E-state index in [-0.39, 0.29) is 17.7 Å². The summed E-state index contributed by atoms with van der Waals surface area (Å²) in [6.07, 6.45) is 0.672. The first-order valence-corrected chi connectivity index (χ1v) is 11.8. The molecule has 4 nitrogen and oxygen atoms in total. The van der Waals surface area contributed by atoms with Crippen LogP contribution < -0.4 is 5.32 Å². The first-order valence-electron chi connectivity index (χ1n) is 11.8. The lowest BCUT2D eigenvalue weighted by atomic mass is 9.97. The predicted molar refractivity (Wildman–Crippen MR) is 142 cm³/mol. The Balaban J connectivity index is 1.38. The minimum Gasteiger partial charge on any atom is -0.337 e. The lowest BCUT2D eigenvalue weighted by molar-refractivity contribution is -0.119. The molecule has 0 fully saturated rings. The number of rotatable bonds is 8. The smallest absolute Gasteiger partial charge is 0.253 e. The summed E-state index contributed by atoms with van der Waals surface area (Å²) in [4.78, 5) is 26.9. The molecule has 0 aliphatic carbocycles. The van der Waals surface area contributed by atoms with Gasteiger partial charge in [-0.2, -0.15) is 0 Å². The second kappa shape index (κ2) is 11.3. The van der Waals surface area contributed by atoms with Crippen LogP contribution in [0.5, 0.6) is 0 Å². The third-order valence-corrected chi connectivity index (χ3v) is 6.03. The first kappa shape index (κ1) is 24.0. The van der Waals surface area contributed by atoms with Crippen LogP contribution in [0.4, 0.5) is 5.69 Å². The number of benzene rings is 4. The largest absolute Gasteiger partial charge is 0.337 e. The van der Waals surface area contributed by atoms with Crippen LogP contribution in [0, 0.1) is 5.92 Å². The molecule has 1 unspecified atom stereocenters. The second-order valence-corrected chi connectivity index (χ2v) is 8.88. The van der Waals surface area contributed by atoms with E-state index in [2.05, 4.69) is 41.7 Å². The number of hydrogen-bond donors (Lipinski definition) is 1. The van der Waals surface area contributed by atoms with E-state index in [0.717, 1.165) is 27.9 Å².